The van der Waals surface area contributed by atoms with Gasteiger partial charge in [-0.25, -0.2) is 0 Å². The second-order valence-electron chi connectivity index (χ2n) is 2.95. The van der Waals surface area contributed by atoms with Crippen molar-refractivity contribution < 1.29 is 17.9 Å². The van der Waals surface area contributed by atoms with Gasteiger partial charge in [0.1, 0.15) is 5.75 Å². The molecular formula is C11H8F3NO. The average Bonchev–Trinajstić information content (AvgIpc) is 2.12. The third kappa shape index (κ3) is 4.51. The van der Waals surface area contributed by atoms with Crippen LogP contribution in [0.3, 0.4) is 0 Å². The van der Waals surface area contributed by atoms with Gasteiger partial charge in [0.2, 0.25) is 0 Å². The predicted molar refractivity (Wildman–Crippen MR) is 53.4 cm³/mol. The highest BCUT2D eigenvalue weighted by molar-refractivity contribution is 5.96. The highest BCUT2D eigenvalue weighted by Crippen LogP contribution is 2.22. The summed E-state index contributed by atoms with van der Waals surface area (Å²) in [4.78, 5) is 0. The van der Waals surface area contributed by atoms with E-state index in [0.29, 0.717) is 5.56 Å². The van der Waals surface area contributed by atoms with Crippen molar-refractivity contribution in [3.8, 4) is 17.6 Å². The summed E-state index contributed by atoms with van der Waals surface area (Å²) in [6, 6.07) is 5.31. The van der Waals surface area contributed by atoms with E-state index in [-0.39, 0.29) is 11.5 Å². The third-order valence-corrected chi connectivity index (χ3v) is 1.46. The van der Waals surface area contributed by atoms with E-state index in [1.165, 1.54) is 25.1 Å². The van der Waals surface area contributed by atoms with Gasteiger partial charge in [0.25, 0.3) is 0 Å². The molecule has 0 aliphatic heterocycles. The summed E-state index contributed by atoms with van der Waals surface area (Å²) in [5, 5.41) is 7.06. The van der Waals surface area contributed by atoms with Crippen LogP contribution >= 0.6 is 0 Å². The van der Waals surface area contributed by atoms with Crippen LogP contribution in [-0.2, 0) is 0 Å². The van der Waals surface area contributed by atoms with Crippen LogP contribution < -0.4 is 4.74 Å². The number of hydrogen-bond donors (Lipinski definition) is 1. The molecule has 1 rings (SSSR count). The van der Waals surface area contributed by atoms with Gasteiger partial charge in [0.15, 0.2) is 0 Å². The van der Waals surface area contributed by atoms with Gasteiger partial charge in [0, 0.05) is 5.56 Å². The van der Waals surface area contributed by atoms with Crippen molar-refractivity contribution in [3.05, 3.63) is 29.8 Å². The van der Waals surface area contributed by atoms with Gasteiger partial charge in [-0.15, -0.1) is 13.2 Å². The fourth-order valence-electron chi connectivity index (χ4n) is 0.937. The van der Waals surface area contributed by atoms with Gasteiger partial charge in [-0.3, -0.25) is 5.41 Å². The largest absolute Gasteiger partial charge is 0.573 e. The summed E-state index contributed by atoms with van der Waals surface area (Å²) in [6.07, 6.45) is -4.70. The van der Waals surface area contributed by atoms with Crippen LogP contribution in [0.25, 0.3) is 0 Å². The van der Waals surface area contributed by atoms with Gasteiger partial charge in [0.05, 0.1) is 5.71 Å². The Bertz CT molecular complexity index is 454. The molecule has 1 aromatic carbocycles. The summed E-state index contributed by atoms with van der Waals surface area (Å²) in [5.74, 6) is 4.68. The quantitative estimate of drug-likeness (QED) is 0.580. The maximum atomic E-state index is 11.9. The Morgan fingerprint density at radius 3 is 2.62 bits per heavy atom. The molecule has 0 aromatic heterocycles. The van der Waals surface area contributed by atoms with E-state index in [4.69, 9.17) is 5.41 Å². The van der Waals surface area contributed by atoms with Gasteiger partial charge in [-0.05, 0) is 31.0 Å². The zero-order valence-electron chi connectivity index (χ0n) is 8.35. The first-order valence-electron chi connectivity index (χ1n) is 4.30. The van der Waals surface area contributed by atoms with E-state index in [2.05, 4.69) is 16.6 Å². The second-order valence-corrected chi connectivity index (χ2v) is 2.95. The Labute approximate surface area is 90.6 Å². The second kappa shape index (κ2) is 4.71. The highest BCUT2D eigenvalue weighted by Gasteiger charge is 2.30. The van der Waals surface area contributed by atoms with E-state index in [0.717, 1.165) is 0 Å². The fourth-order valence-corrected chi connectivity index (χ4v) is 0.937. The number of ether oxygens (including phenoxy) is 1. The molecule has 2 nitrogen and oxygen atoms in total. The molecule has 0 amide bonds. The van der Waals surface area contributed by atoms with Crippen LogP contribution in [0, 0.1) is 17.3 Å². The lowest BCUT2D eigenvalue weighted by molar-refractivity contribution is -0.274. The van der Waals surface area contributed by atoms with Crippen LogP contribution in [0.15, 0.2) is 24.3 Å². The number of hydrogen-bond acceptors (Lipinski definition) is 2. The van der Waals surface area contributed by atoms with Crippen molar-refractivity contribution >= 4 is 5.71 Å². The Morgan fingerprint density at radius 1 is 1.38 bits per heavy atom. The van der Waals surface area contributed by atoms with Crippen LogP contribution in [0.2, 0.25) is 0 Å². The first-order chi connectivity index (χ1) is 7.37. The molecular weight excluding hydrogens is 219 g/mol. The first-order valence-corrected chi connectivity index (χ1v) is 4.30. The summed E-state index contributed by atoms with van der Waals surface area (Å²) in [6.45, 7) is 1.49. The Morgan fingerprint density at radius 2 is 2.06 bits per heavy atom. The maximum Gasteiger partial charge on any atom is 0.573 e. The number of alkyl halides is 3. The van der Waals surface area contributed by atoms with E-state index in [1.807, 2.05) is 0 Å². The van der Waals surface area contributed by atoms with Gasteiger partial charge >= 0.3 is 6.36 Å². The monoisotopic (exact) mass is 227 g/mol. The Hall–Kier alpha value is -1.96. The Kier molecular flexibility index (Phi) is 3.56. The Balaban J connectivity index is 2.89. The molecule has 0 heterocycles. The third-order valence-electron chi connectivity index (χ3n) is 1.46. The maximum absolute atomic E-state index is 11.9. The summed E-state index contributed by atoms with van der Waals surface area (Å²) in [7, 11) is 0. The standard InChI is InChI=1S/C11H8F3NO/c1-8(15)5-6-9-3-2-4-10(7-9)16-11(12,13)14/h2-4,7,15H,1H3. The van der Waals surface area contributed by atoms with E-state index in [1.54, 1.807) is 6.07 Å². The van der Waals surface area contributed by atoms with Crippen molar-refractivity contribution in [3.63, 3.8) is 0 Å². The number of nitrogens with one attached hydrogen (secondary N) is 1. The molecule has 84 valence electrons. The molecule has 0 saturated carbocycles. The molecule has 0 spiro atoms. The minimum atomic E-state index is -4.70. The molecule has 0 saturated heterocycles. The molecule has 5 heteroatoms. The van der Waals surface area contributed by atoms with Crippen molar-refractivity contribution in [2.75, 3.05) is 0 Å². The molecule has 0 fully saturated rings. The molecule has 0 unspecified atom stereocenters. The lowest BCUT2D eigenvalue weighted by Gasteiger charge is -2.08. The molecule has 16 heavy (non-hydrogen) atoms. The molecule has 0 radical (unpaired) electrons. The van der Waals surface area contributed by atoms with Crippen LogP contribution in [0.5, 0.6) is 5.75 Å². The lowest BCUT2D eigenvalue weighted by Crippen LogP contribution is -2.17. The van der Waals surface area contributed by atoms with E-state index >= 15 is 0 Å². The van der Waals surface area contributed by atoms with Gasteiger partial charge in [-0.1, -0.05) is 12.0 Å². The summed E-state index contributed by atoms with van der Waals surface area (Å²) >= 11 is 0. The number of benzene rings is 1. The zero-order valence-corrected chi connectivity index (χ0v) is 8.35. The normalized spacial score (nSPS) is 10.2. The van der Waals surface area contributed by atoms with Crippen molar-refractivity contribution in [2.24, 2.45) is 0 Å². The first kappa shape index (κ1) is 12.1. The number of halogens is 3. The minimum absolute atomic E-state index is 0.141. The lowest BCUT2D eigenvalue weighted by atomic mass is 10.2. The van der Waals surface area contributed by atoms with Crippen LogP contribution in [0.4, 0.5) is 13.2 Å². The molecule has 1 aromatic rings. The fraction of sp³-hybridized carbons (Fsp3) is 0.182. The van der Waals surface area contributed by atoms with E-state index < -0.39 is 6.36 Å². The molecule has 0 atom stereocenters. The van der Waals surface area contributed by atoms with Crippen molar-refractivity contribution in [1.29, 1.82) is 5.41 Å². The van der Waals surface area contributed by atoms with Gasteiger partial charge < -0.3 is 4.74 Å². The SMILES string of the molecule is CC(=N)C#Cc1cccc(OC(F)(F)F)c1. The number of rotatable bonds is 1. The zero-order chi connectivity index (χ0) is 12.2. The minimum Gasteiger partial charge on any atom is -0.406 e. The summed E-state index contributed by atoms with van der Waals surface area (Å²) in [5.41, 5.74) is 0.510. The van der Waals surface area contributed by atoms with Crippen LogP contribution in [-0.4, -0.2) is 12.1 Å². The van der Waals surface area contributed by atoms with Crippen molar-refractivity contribution in [2.45, 2.75) is 13.3 Å². The molecule has 0 aliphatic carbocycles. The molecule has 0 bridgehead atoms. The summed E-state index contributed by atoms with van der Waals surface area (Å²) < 4.78 is 39.4. The molecule has 1 N–H and O–H groups in total. The average molecular weight is 227 g/mol. The van der Waals surface area contributed by atoms with Gasteiger partial charge in [-0.2, -0.15) is 0 Å². The van der Waals surface area contributed by atoms with E-state index in [9.17, 15) is 13.2 Å². The molecule has 0 aliphatic rings. The smallest absolute Gasteiger partial charge is 0.406 e. The highest BCUT2D eigenvalue weighted by atomic mass is 19.4. The predicted octanol–water partition coefficient (Wildman–Crippen LogP) is 2.98. The van der Waals surface area contributed by atoms with Crippen LogP contribution in [0.1, 0.15) is 12.5 Å². The topological polar surface area (TPSA) is 33.1 Å². The van der Waals surface area contributed by atoms with Crippen molar-refractivity contribution in [1.82, 2.24) is 0 Å².